The average Bonchev–Trinajstić information content (AvgIpc) is 3.26. The number of amides is 1. The van der Waals surface area contributed by atoms with Gasteiger partial charge in [0.2, 0.25) is 11.7 Å². The molecule has 1 aliphatic heterocycles. The Morgan fingerprint density at radius 3 is 2.33 bits per heavy atom. The zero-order chi connectivity index (χ0) is 23.7. The van der Waals surface area contributed by atoms with Crippen LogP contribution in [0.15, 0.2) is 41.6 Å². The lowest BCUT2D eigenvalue weighted by atomic mass is 9.94. The fraction of sp³-hybridized carbons (Fsp3) is 0.304. The van der Waals surface area contributed by atoms with Crippen LogP contribution in [0.1, 0.15) is 29.7 Å². The third-order valence-corrected chi connectivity index (χ3v) is 5.59. The van der Waals surface area contributed by atoms with Crippen molar-refractivity contribution < 1.29 is 19.0 Å². The van der Waals surface area contributed by atoms with Gasteiger partial charge in [-0.15, -0.1) is 0 Å². The molecule has 1 unspecified atom stereocenters. The van der Waals surface area contributed by atoms with E-state index in [0.29, 0.717) is 40.0 Å². The number of tetrazole rings is 1. The van der Waals surface area contributed by atoms with Crippen LogP contribution >= 0.6 is 0 Å². The molecule has 4 rings (SSSR count). The molecular formula is C23H26N6O4. The minimum Gasteiger partial charge on any atom is -0.493 e. The first-order valence-electron chi connectivity index (χ1n) is 10.3. The maximum absolute atomic E-state index is 13.6. The number of aromatic nitrogens is 4. The molecule has 172 valence electrons. The van der Waals surface area contributed by atoms with E-state index in [0.717, 1.165) is 16.8 Å². The summed E-state index contributed by atoms with van der Waals surface area (Å²) < 4.78 is 18.1. The van der Waals surface area contributed by atoms with Gasteiger partial charge in [-0.05, 0) is 60.5 Å². The van der Waals surface area contributed by atoms with Gasteiger partial charge >= 0.3 is 0 Å². The fourth-order valence-electron chi connectivity index (χ4n) is 4.02. The van der Waals surface area contributed by atoms with Crippen LogP contribution in [-0.4, -0.2) is 47.4 Å². The zero-order valence-corrected chi connectivity index (χ0v) is 19.4. The SMILES string of the molecule is COc1cc(C2C(C(=O)Nc3ccc(C)cc3C)=C(C)Nc3nnnn32)cc(OC)c1OC. The number of ether oxygens (including phenoxy) is 3. The number of hydrogen-bond acceptors (Lipinski definition) is 8. The summed E-state index contributed by atoms with van der Waals surface area (Å²) in [6.45, 7) is 5.79. The topological polar surface area (TPSA) is 112 Å². The lowest BCUT2D eigenvalue weighted by molar-refractivity contribution is -0.113. The van der Waals surface area contributed by atoms with E-state index in [1.807, 2.05) is 39.0 Å². The van der Waals surface area contributed by atoms with Crippen LogP contribution in [0.4, 0.5) is 11.6 Å². The number of fused-ring (bicyclic) bond motifs is 1. The third kappa shape index (κ3) is 3.95. The Labute approximate surface area is 191 Å². The highest BCUT2D eigenvalue weighted by Crippen LogP contribution is 2.43. The van der Waals surface area contributed by atoms with Crippen molar-refractivity contribution in [1.82, 2.24) is 20.2 Å². The van der Waals surface area contributed by atoms with Crippen molar-refractivity contribution in [2.45, 2.75) is 26.8 Å². The van der Waals surface area contributed by atoms with E-state index < -0.39 is 6.04 Å². The third-order valence-electron chi connectivity index (χ3n) is 5.59. The highest BCUT2D eigenvalue weighted by Gasteiger charge is 2.35. The molecule has 1 atom stereocenters. The molecule has 3 aromatic rings. The van der Waals surface area contributed by atoms with E-state index in [2.05, 4.69) is 26.2 Å². The number of anilines is 2. The lowest BCUT2D eigenvalue weighted by Gasteiger charge is -2.29. The van der Waals surface area contributed by atoms with Gasteiger partial charge in [0, 0.05) is 11.4 Å². The highest BCUT2D eigenvalue weighted by molar-refractivity contribution is 6.06. The van der Waals surface area contributed by atoms with Crippen LogP contribution < -0.4 is 24.8 Å². The standard InChI is InChI=1S/C23H26N6O4/c1-12-7-8-16(13(2)9-12)25-22(30)19-14(3)24-23-26-27-28-29(23)20(19)15-10-17(31-4)21(33-6)18(11-15)32-5/h7-11,20H,1-6H3,(H,25,30)(H,24,26,28). The van der Waals surface area contributed by atoms with Gasteiger partial charge in [-0.1, -0.05) is 22.8 Å². The Morgan fingerprint density at radius 2 is 1.73 bits per heavy atom. The second-order valence-electron chi connectivity index (χ2n) is 7.74. The van der Waals surface area contributed by atoms with Crippen molar-refractivity contribution in [3.63, 3.8) is 0 Å². The molecule has 0 saturated carbocycles. The van der Waals surface area contributed by atoms with Crippen molar-refractivity contribution >= 4 is 17.5 Å². The van der Waals surface area contributed by atoms with Crippen LogP contribution in [0.3, 0.4) is 0 Å². The molecule has 0 aliphatic carbocycles. The van der Waals surface area contributed by atoms with Crippen molar-refractivity contribution in [2.75, 3.05) is 32.0 Å². The molecule has 2 heterocycles. The summed E-state index contributed by atoms with van der Waals surface area (Å²) in [6, 6.07) is 8.83. The van der Waals surface area contributed by atoms with Crippen LogP contribution in [0.5, 0.6) is 17.2 Å². The van der Waals surface area contributed by atoms with Crippen LogP contribution in [-0.2, 0) is 4.79 Å². The number of benzene rings is 2. The van der Waals surface area contributed by atoms with Crippen molar-refractivity contribution in [2.24, 2.45) is 0 Å². The number of carbonyl (C=O) groups excluding carboxylic acids is 1. The highest BCUT2D eigenvalue weighted by atomic mass is 16.5. The molecule has 1 aliphatic rings. The smallest absolute Gasteiger partial charge is 0.255 e. The van der Waals surface area contributed by atoms with Gasteiger partial charge in [-0.25, -0.2) is 0 Å². The minimum atomic E-state index is -0.629. The lowest BCUT2D eigenvalue weighted by Crippen LogP contribution is -2.31. The second-order valence-corrected chi connectivity index (χ2v) is 7.74. The molecule has 0 spiro atoms. The number of nitrogens with zero attached hydrogens (tertiary/aromatic N) is 4. The average molecular weight is 450 g/mol. The Hall–Kier alpha value is -4.08. The molecule has 2 N–H and O–H groups in total. The van der Waals surface area contributed by atoms with E-state index in [9.17, 15) is 4.79 Å². The molecule has 0 bridgehead atoms. The molecule has 0 radical (unpaired) electrons. The van der Waals surface area contributed by atoms with Crippen LogP contribution in [0.2, 0.25) is 0 Å². The number of allylic oxidation sites excluding steroid dienone is 1. The van der Waals surface area contributed by atoms with Gasteiger partial charge in [0.15, 0.2) is 11.5 Å². The molecule has 1 amide bonds. The van der Waals surface area contributed by atoms with Gasteiger partial charge in [-0.2, -0.15) is 4.68 Å². The minimum absolute atomic E-state index is 0.271. The molecule has 2 aromatic carbocycles. The predicted molar refractivity (Wildman–Crippen MR) is 123 cm³/mol. The fourth-order valence-corrected chi connectivity index (χ4v) is 4.02. The number of aryl methyl sites for hydroxylation is 2. The van der Waals surface area contributed by atoms with E-state index in [-0.39, 0.29) is 5.91 Å². The normalized spacial score (nSPS) is 14.9. The van der Waals surface area contributed by atoms with Gasteiger partial charge in [-0.3, -0.25) is 4.79 Å². The maximum Gasteiger partial charge on any atom is 0.255 e. The van der Waals surface area contributed by atoms with Gasteiger partial charge in [0.25, 0.3) is 5.91 Å². The van der Waals surface area contributed by atoms with Gasteiger partial charge in [0.05, 0.1) is 26.9 Å². The van der Waals surface area contributed by atoms with Crippen molar-refractivity contribution in [3.8, 4) is 17.2 Å². The second kappa shape index (κ2) is 8.81. The molecule has 0 saturated heterocycles. The first kappa shape index (κ1) is 22.1. The molecule has 10 nitrogen and oxygen atoms in total. The molecular weight excluding hydrogens is 424 g/mol. The van der Waals surface area contributed by atoms with E-state index in [1.54, 1.807) is 31.0 Å². The summed E-state index contributed by atoms with van der Waals surface area (Å²) in [5.74, 6) is 1.54. The summed E-state index contributed by atoms with van der Waals surface area (Å²) in [7, 11) is 4.62. The van der Waals surface area contributed by atoms with E-state index >= 15 is 0 Å². The summed E-state index contributed by atoms with van der Waals surface area (Å²) in [6.07, 6.45) is 0. The molecule has 0 fully saturated rings. The van der Waals surface area contributed by atoms with Crippen LogP contribution in [0, 0.1) is 13.8 Å². The van der Waals surface area contributed by atoms with Crippen molar-refractivity contribution in [3.05, 3.63) is 58.3 Å². The van der Waals surface area contributed by atoms with Crippen LogP contribution in [0.25, 0.3) is 0 Å². The number of rotatable bonds is 6. The monoisotopic (exact) mass is 450 g/mol. The van der Waals surface area contributed by atoms with Crippen molar-refractivity contribution in [1.29, 1.82) is 0 Å². The quantitative estimate of drug-likeness (QED) is 0.589. The van der Waals surface area contributed by atoms with Gasteiger partial charge in [0.1, 0.15) is 6.04 Å². The summed E-state index contributed by atoms with van der Waals surface area (Å²) in [5, 5.41) is 18.1. The predicted octanol–water partition coefficient (Wildman–Crippen LogP) is 3.24. The summed E-state index contributed by atoms with van der Waals surface area (Å²) in [4.78, 5) is 13.6. The Balaban J connectivity index is 1.83. The number of methoxy groups -OCH3 is 3. The van der Waals surface area contributed by atoms with E-state index in [1.165, 1.54) is 7.11 Å². The van der Waals surface area contributed by atoms with E-state index in [4.69, 9.17) is 14.2 Å². The molecule has 10 heteroatoms. The first-order valence-corrected chi connectivity index (χ1v) is 10.3. The summed E-state index contributed by atoms with van der Waals surface area (Å²) >= 11 is 0. The number of hydrogen-bond donors (Lipinski definition) is 2. The summed E-state index contributed by atoms with van der Waals surface area (Å²) in [5.41, 5.74) is 4.62. The largest absolute Gasteiger partial charge is 0.493 e. The molecule has 33 heavy (non-hydrogen) atoms. The first-order chi connectivity index (χ1) is 15.9. The zero-order valence-electron chi connectivity index (χ0n) is 19.4. The van der Waals surface area contributed by atoms with Gasteiger partial charge < -0.3 is 24.8 Å². The maximum atomic E-state index is 13.6. The number of carbonyl (C=O) groups is 1. The Bertz CT molecular complexity index is 1220. The molecule has 1 aromatic heterocycles. The number of nitrogens with one attached hydrogen (secondary N) is 2. The Morgan fingerprint density at radius 1 is 1.03 bits per heavy atom. The Kier molecular flexibility index (Phi) is 5.91.